The van der Waals surface area contributed by atoms with Crippen molar-refractivity contribution in [2.45, 2.75) is 19.3 Å². The van der Waals surface area contributed by atoms with Crippen LogP contribution in [0.1, 0.15) is 29.6 Å². The van der Waals surface area contributed by atoms with Crippen LogP contribution in [-0.2, 0) is 4.79 Å². The highest BCUT2D eigenvalue weighted by atomic mass is 79.9. The maximum atomic E-state index is 13.6. The first-order valence-electron chi connectivity index (χ1n) is 6.69. The van der Waals surface area contributed by atoms with Gasteiger partial charge in [0.2, 0.25) is 5.91 Å². The van der Waals surface area contributed by atoms with Crippen molar-refractivity contribution in [3.05, 3.63) is 33.8 Å². The Morgan fingerprint density at radius 2 is 1.71 bits per heavy atom. The molecule has 1 aromatic carbocycles. The standard InChI is InChI=1S/C14H15BrF2N2O2/c15-9-6-10(16)13(11(17)7-9)14(21)18-8-12(20)19-4-2-1-3-5-19/h6-7H,1-5,8H2,(H,18,21). The van der Waals surface area contributed by atoms with Gasteiger partial charge in [-0.25, -0.2) is 8.78 Å². The molecule has 0 spiro atoms. The molecule has 0 radical (unpaired) electrons. The van der Waals surface area contributed by atoms with E-state index in [-0.39, 0.29) is 16.9 Å². The molecule has 0 saturated carbocycles. The number of halogens is 3. The van der Waals surface area contributed by atoms with Crippen LogP contribution in [0.4, 0.5) is 8.78 Å². The summed E-state index contributed by atoms with van der Waals surface area (Å²) in [4.78, 5) is 25.3. The van der Waals surface area contributed by atoms with Crippen LogP contribution in [0.25, 0.3) is 0 Å². The molecule has 1 saturated heterocycles. The van der Waals surface area contributed by atoms with Gasteiger partial charge in [0, 0.05) is 17.6 Å². The van der Waals surface area contributed by atoms with E-state index in [9.17, 15) is 18.4 Å². The van der Waals surface area contributed by atoms with Gasteiger partial charge in [0.15, 0.2) is 0 Å². The molecule has 1 heterocycles. The van der Waals surface area contributed by atoms with E-state index in [1.807, 2.05) is 0 Å². The molecule has 1 aliphatic rings. The Hall–Kier alpha value is -1.50. The average Bonchev–Trinajstić information content (AvgIpc) is 2.44. The van der Waals surface area contributed by atoms with Crippen molar-refractivity contribution in [3.63, 3.8) is 0 Å². The molecule has 7 heteroatoms. The van der Waals surface area contributed by atoms with Gasteiger partial charge in [-0.1, -0.05) is 15.9 Å². The van der Waals surface area contributed by atoms with Gasteiger partial charge >= 0.3 is 0 Å². The van der Waals surface area contributed by atoms with Crippen molar-refractivity contribution >= 4 is 27.7 Å². The Kier molecular flexibility index (Phi) is 5.27. The van der Waals surface area contributed by atoms with Crippen LogP contribution in [0.3, 0.4) is 0 Å². The number of nitrogens with one attached hydrogen (secondary N) is 1. The van der Waals surface area contributed by atoms with Gasteiger partial charge in [-0.3, -0.25) is 9.59 Å². The van der Waals surface area contributed by atoms with Crippen LogP contribution in [0.15, 0.2) is 16.6 Å². The molecule has 4 nitrogen and oxygen atoms in total. The number of piperidine rings is 1. The largest absolute Gasteiger partial charge is 0.343 e. The van der Waals surface area contributed by atoms with E-state index in [0.717, 1.165) is 31.4 Å². The first kappa shape index (κ1) is 15.9. The topological polar surface area (TPSA) is 49.4 Å². The lowest BCUT2D eigenvalue weighted by molar-refractivity contribution is -0.130. The summed E-state index contributed by atoms with van der Waals surface area (Å²) in [6.45, 7) is 1.07. The molecule has 0 atom stereocenters. The van der Waals surface area contributed by atoms with Gasteiger partial charge in [0.1, 0.15) is 17.2 Å². The number of likely N-dealkylation sites (tertiary alicyclic amines) is 1. The Morgan fingerprint density at radius 1 is 1.14 bits per heavy atom. The van der Waals surface area contributed by atoms with Gasteiger partial charge in [-0.05, 0) is 31.4 Å². The minimum absolute atomic E-state index is 0.207. The van der Waals surface area contributed by atoms with Gasteiger partial charge in [-0.15, -0.1) is 0 Å². The highest BCUT2D eigenvalue weighted by Crippen LogP contribution is 2.19. The van der Waals surface area contributed by atoms with Crippen LogP contribution in [0.5, 0.6) is 0 Å². The lowest BCUT2D eigenvalue weighted by Crippen LogP contribution is -2.42. The molecular formula is C14H15BrF2N2O2. The van der Waals surface area contributed by atoms with E-state index in [0.29, 0.717) is 13.1 Å². The summed E-state index contributed by atoms with van der Waals surface area (Å²) in [6, 6.07) is 2.01. The average molecular weight is 361 g/mol. The zero-order valence-electron chi connectivity index (χ0n) is 11.3. The zero-order valence-corrected chi connectivity index (χ0v) is 12.9. The monoisotopic (exact) mass is 360 g/mol. The van der Waals surface area contributed by atoms with Gasteiger partial charge in [0.25, 0.3) is 5.91 Å². The van der Waals surface area contributed by atoms with E-state index in [1.54, 1.807) is 4.90 Å². The third-order valence-corrected chi connectivity index (χ3v) is 3.80. The number of hydrogen-bond acceptors (Lipinski definition) is 2. The van der Waals surface area contributed by atoms with Gasteiger partial charge in [0.05, 0.1) is 6.54 Å². The molecule has 0 aliphatic carbocycles. The zero-order chi connectivity index (χ0) is 15.4. The van der Waals surface area contributed by atoms with E-state index in [1.165, 1.54) is 0 Å². The number of carbonyl (C=O) groups is 2. The fourth-order valence-electron chi connectivity index (χ4n) is 2.26. The molecule has 1 aliphatic heterocycles. The molecule has 0 aromatic heterocycles. The second kappa shape index (κ2) is 6.98. The fraction of sp³-hybridized carbons (Fsp3) is 0.429. The number of hydrogen-bond donors (Lipinski definition) is 1. The Bertz CT molecular complexity index is 537. The van der Waals surface area contributed by atoms with Crippen molar-refractivity contribution in [1.29, 1.82) is 0 Å². The molecule has 21 heavy (non-hydrogen) atoms. The van der Waals surface area contributed by atoms with Crippen LogP contribution >= 0.6 is 15.9 Å². The van der Waals surface area contributed by atoms with Crippen molar-refractivity contribution in [3.8, 4) is 0 Å². The minimum atomic E-state index is -0.968. The van der Waals surface area contributed by atoms with Crippen molar-refractivity contribution in [2.24, 2.45) is 0 Å². The van der Waals surface area contributed by atoms with Crippen molar-refractivity contribution in [2.75, 3.05) is 19.6 Å². The number of carbonyl (C=O) groups excluding carboxylic acids is 2. The number of benzene rings is 1. The Balaban J connectivity index is 1.97. The van der Waals surface area contributed by atoms with Gasteiger partial charge < -0.3 is 10.2 Å². The Labute approximate surface area is 129 Å². The number of rotatable bonds is 3. The van der Waals surface area contributed by atoms with Crippen LogP contribution in [-0.4, -0.2) is 36.3 Å². The summed E-state index contributed by atoms with van der Waals surface area (Å²) in [5.74, 6) is -3.10. The van der Waals surface area contributed by atoms with E-state index < -0.39 is 23.1 Å². The summed E-state index contributed by atoms with van der Waals surface area (Å²) >= 11 is 2.94. The smallest absolute Gasteiger partial charge is 0.257 e. The third-order valence-electron chi connectivity index (χ3n) is 3.34. The molecule has 0 unspecified atom stereocenters. The van der Waals surface area contributed by atoms with Crippen molar-refractivity contribution < 1.29 is 18.4 Å². The quantitative estimate of drug-likeness (QED) is 0.899. The Morgan fingerprint density at radius 3 is 2.29 bits per heavy atom. The second-order valence-electron chi connectivity index (χ2n) is 4.87. The number of amides is 2. The van der Waals surface area contributed by atoms with Crippen LogP contribution in [0, 0.1) is 11.6 Å². The van der Waals surface area contributed by atoms with Gasteiger partial charge in [-0.2, -0.15) is 0 Å². The predicted octanol–water partition coefficient (Wildman–Crippen LogP) is 2.47. The lowest BCUT2D eigenvalue weighted by atomic mass is 10.1. The fourth-order valence-corrected chi connectivity index (χ4v) is 2.66. The summed E-state index contributed by atoms with van der Waals surface area (Å²) in [6.07, 6.45) is 2.97. The minimum Gasteiger partial charge on any atom is -0.343 e. The van der Waals surface area contributed by atoms with Crippen molar-refractivity contribution in [1.82, 2.24) is 10.2 Å². The summed E-state index contributed by atoms with van der Waals surface area (Å²) in [5, 5.41) is 2.27. The molecular weight excluding hydrogens is 346 g/mol. The molecule has 1 aromatic rings. The molecule has 2 amide bonds. The lowest BCUT2D eigenvalue weighted by Gasteiger charge is -2.26. The van der Waals surface area contributed by atoms with E-state index in [2.05, 4.69) is 21.2 Å². The summed E-state index contributed by atoms with van der Waals surface area (Å²) in [5.41, 5.74) is -0.676. The highest BCUT2D eigenvalue weighted by molar-refractivity contribution is 9.10. The van der Waals surface area contributed by atoms with Crippen LogP contribution < -0.4 is 5.32 Å². The summed E-state index contributed by atoms with van der Waals surface area (Å²) < 4.78 is 27.4. The SMILES string of the molecule is O=C(NCC(=O)N1CCCCC1)c1c(F)cc(Br)cc1F. The maximum absolute atomic E-state index is 13.6. The number of nitrogens with zero attached hydrogens (tertiary/aromatic N) is 1. The normalized spacial score (nSPS) is 14.9. The van der Waals surface area contributed by atoms with E-state index in [4.69, 9.17) is 0 Å². The first-order chi connectivity index (χ1) is 9.99. The molecule has 114 valence electrons. The maximum Gasteiger partial charge on any atom is 0.257 e. The molecule has 0 bridgehead atoms. The predicted molar refractivity (Wildman–Crippen MR) is 76.8 cm³/mol. The van der Waals surface area contributed by atoms with Crippen LogP contribution in [0.2, 0.25) is 0 Å². The first-order valence-corrected chi connectivity index (χ1v) is 7.49. The molecule has 2 rings (SSSR count). The summed E-state index contributed by atoms with van der Waals surface area (Å²) in [7, 11) is 0. The molecule has 1 fully saturated rings. The second-order valence-corrected chi connectivity index (χ2v) is 5.78. The highest BCUT2D eigenvalue weighted by Gasteiger charge is 2.21. The van der Waals surface area contributed by atoms with E-state index >= 15 is 0 Å². The third kappa shape index (κ3) is 4.00. The molecule has 1 N–H and O–H groups in total.